The molecule has 0 fully saturated rings. The van der Waals surface area contributed by atoms with Crippen molar-refractivity contribution in [3.05, 3.63) is 76.7 Å². The molecule has 0 amide bonds. The Balaban J connectivity index is 1.30. The molecule has 2 aromatic carbocycles. The van der Waals surface area contributed by atoms with Crippen molar-refractivity contribution in [1.29, 1.82) is 0 Å². The highest BCUT2D eigenvalue weighted by Gasteiger charge is 2.11. The Kier molecular flexibility index (Phi) is 5.28. The Labute approximate surface area is 189 Å². The predicted molar refractivity (Wildman–Crippen MR) is 132 cm³/mol. The third-order valence-corrected chi connectivity index (χ3v) is 6.62. The minimum Gasteiger partial charge on any atom is -0.383 e. The van der Waals surface area contributed by atoms with Crippen LogP contribution in [0.1, 0.15) is 21.7 Å². The molecule has 160 valence electrons. The van der Waals surface area contributed by atoms with Gasteiger partial charge in [-0.25, -0.2) is 19.9 Å². The number of hydrogen-bond donors (Lipinski definition) is 3. The average molecular weight is 442 g/mol. The summed E-state index contributed by atoms with van der Waals surface area (Å²) in [6.45, 7) is 5.50. The lowest BCUT2D eigenvalue weighted by Gasteiger charge is -2.15. The fraction of sp³-hybridized carbons (Fsp3) is 0.167. The van der Waals surface area contributed by atoms with E-state index in [0.717, 1.165) is 32.9 Å². The second kappa shape index (κ2) is 8.39. The number of fused-ring (bicyclic) bond motifs is 2. The van der Waals surface area contributed by atoms with E-state index in [-0.39, 0.29) is 0 Å². The maximum atomic E-state index is 6.06. The third kappa shape index (κ3) is 3.92. The van der Waals surface area contributed by atoms with Gasteiger partial charge in [0.05, 0.1) is 16.8 Å². The van der Waals surface area contributed by atoms with E-state index >= 15 is 0 Å². The molecule has 4 N–H and O–H groups in total. The highest BCUT2D eigenvalue weighted by Crippen LogP contribution is 2.28. The van der Waals surface area contributed by atoms with Crippen LogP contribution in [0.5, 0.6) is 0 Å². The van der Waals surface area contributed by atoms with Crippen molar-refractivity contribution in [3.8, 4) is 0 Å². The molecule has 0 atom stereocenters. The van der Waals surface area contributed by atoms with E-state index in [2.05, 4.69) is 56.5 Å². The van der Waals surface area contributed by atoms with Crippen LogP contribution in [0.3, 0.4) is 0 Å². The van der Waals surface area contributed by atoms with E-state index in [9.17, 15) is 0 Å². The minimum atomic E-state index is 0.563. The summed E-state index contributed by atoms with van der Waals surface area (Å²) < 4.78 is 1.19. The first-order valence-corrected chi connectivity index (χ1v) is 11.2. The van der Waals surface area contributed by atoms with Crippen molar-refractivity contribution >= 4 is 49.8 Å². The Morgan fingerprint density at radius 3 is 2.50 bits per heavy atom. The Morgan fingerprint density at radius 1 is 0.906 bits per heavy atom. The number of nitrogens with zero attached hydrogens (tertiary/aromatic N) is 4. The number of hydrogen-bond acceptors (Lipinski definition) is 8. The second-order valence-electron chi connectivity index (χ2n) is 7.66. The number of para-hydroxylation sites is 1. The zero-order valence-electron chi connectivity index (χ0n) is 17.9. The minimum absolute atomic E-state index is 0.563. The fourth-order valence-electron chi connectivity index (χ4n) is 3.89. The van der Waals surface area contributed by atoms with Gasteiger partial charge in [0.25, 0.3) is 0 Å². The van der Waals surface area contributed by atoms with E-state index in [1.54, 1.807) is 23.9 Å². The Bertz CT molecular complexity index is 1390. The first kappa shape index (κ1) is 20.1. The van der Waals surface area contributed by atoms with Crippen molar-refractivity contribution in [2.24, 2.45) is 0 Å². The number of rotatable bonds is 6. The van der Waals surface area contributed by atoms with Gasteiger partial charge >= 0.3 is 0 Å². The summed E-state index contributed by atoms with van der Waals surface area (Å²) in [5.74, 6) is 2.08. The van der Waals surface area contributed by atoms with E-state index in [1.165, 1.54) is 21.4 Å². The molecule has 0 radical (unpaired) electrons. The average Bonchev–Trinajstić information content (AvgIpc) is 3.22. The van der Waals surface area contributed by atoms with Gasteiger partial charge in [0.2, 0.25) is 0 Å². The molecule has 0 unspecified atom stereocenters. The molecular weight excluding hydrogens is 418 g/mol. The van der Waals surface area contributed by atoms with Crippen LogP contribution < -0.4 is 16.4 Å². The Morgan fingerprint density at radius 2 is 1.69 bits per heavy atom. The molecule has 7 nitrogen and oxygen atoms in total. The first-order valence-electron chi connectivity index (χ1n) is 10.4. The summed E-state index contributed by atoms with van der Waals surface area (Å²) in [5, 5.41) is 9.92. The zero-order valence-corrected chi connectivity index (χ0v) is 18.7. The largest absolute Gasteiger partial charge is 0.383 e. The fourth-order valence-corrected chi connectivity index (χ4v) is 4.80. The molecule has 32 heavy (non-hydrogen) atoms. The van der Waals surface area contributed by atoms with E-state index in [0.29, 0.717) is 18.9 Å². The molecule has 0 bridgehead atoms. The number of thiazole rings is 1. The van der Waals surface area contributed by atoms with Gasteiger partial charge in [-0.2, -0.15) is 0 Å². The molecule has 8 heteroatoms. The van der Waals surface area contributed by atoms with Crippen molar-refractivity contribution < 1.29 is 0 Å². The normalized spacial score (nSPS) is 11.2. The molecule has 5 aromatic rings. The summed E-state index contributed by atoms with van der Waals surface area (Å²) in [7, 11) is 0. The van der Waals surface area contributed by atoms with E-state index in [4.69, 9.17) is 5.73 Å². The Hall–Kier alpha value is -3.78. The molecule has 3 aromatic heterocycles. The lowest BCUT2D eigenvalue weighted by molar-refractivity contribution is 1.04. The van der Waals surface area contributed by atoms with Gasteiger partial charge in [0, 0.05) is 24.2 Å². The van der Waals surface area contributed by atoms with Crippen molar-refractivity contribution in [2.45, 2.75) is 26.9 Å². The molecule has 0 aliphatic carbocycles. The quantitative estimate of drug-likeness (QED) is 0.339. The summed E-state index contributed by atoms with van der Waals surface area (Å²) in [6, 6.07) is 14.2. The number of aryl methyl sites for hydroxylation is 2. The van der Waals surface area contributed by atoms with Gasteiger partial charge in [0.1, 0.15) is 28.8 Å². The first-order chi connectivity index (χ1) is 15.6. The number of anilines is 3. The molecule has 0 aliphatic heterocycles. The van der Waals surface area contributed by atoms with Crippen LogP contribution in [-0.4, -0.2) is 19.9 Å². The molecule has 0 saturated heterocycles. The predicted octanol–water partition coefficient (Wildman–Crippen LogP) is 5.06. The van der Waals surface area contributed by atoms with Crippen LogP contribution in [0.2, 0.25) is 0 Å². The molecule has 0 spiro atoms. The maximum absolute atomic E-state index is 6.06. The van der Waals surface area contributed by atoms with Crippen LogP contribution >= 0.6 is 11.3 Å². The summed E-state index contributed by atoms with van der Waals surface area (Å²) >= 11 is 1.69. The highest BCUT2D eigenvalue weighted by molar-refractivity contribution is 7.18. The van der Waals surface area contributed by atoms with Gasteiger partial charge in [-0.3, -0.25) is 0 Å². The summed E-state index contributed by atoms with van der Waals surface area (Å²) in [6.07, 6.45) is 3.32. The smallest absolute Gasteiger partial charge is 0.131 e. The second-order valence-corrected chi connectivity index (χ2v) is 8.77. The lowest BCUT2D eigenvalue weighted by atomic mass is 9.96. The van der Waals surface area contributed by atoms with Crippen molar-refractivity contribution in [1.82, 2.24) is 19.9 Å². The molecule has 5 rings (SSSR count). The van der Waals surface area contributed by atoms with Crippen molar-refractivity contribution in [2.75, 3.05) is 16.4 Å². The van der Waals surface area contributed by atoms with E-state index < -0.39 is 0 Å². The van der Waals surface area contributed by atoms with Crippen LogP contribution in [0.4, 0.5) is 17.5 Å². The molecule has 0 saturated carbocycles. The van der Waals surface area contributed by atoms with Crippen LogP contribution in [0.15, 0.2) is 55.0 Å². The summed E-state index contributed by atoms with van der Waals surface area (Å²) in [4.78, 5) is 17.6. The maximum Gasteiger partial charge on any atom is 0.131 e. The van der Waals surface area contributed by atoms with Gasteiger partial charge in [-0.05, 0) is 60.2 Å². The topological polar surface area (TPSA) is 102 Å². The van der Waals surface area contributed by atoms with Gasteiger partial charge in [0.15, 0.2) is 0 Å². The molecule has 3 heterocycles. The monoisotopic (exact) mass is 441 g/mol. The number of benzene rings is 2. The molecule has 0 aliphatic rings. The van der Waals surface area contributed by atoms with Gasteiger partial charge in [-0.1, -0.05) is 12.1 Å². The number of aromatic nitrogens is 4. The third-order valence-electron chi connectivity index (χ3n) is 5.59. The van der Waals surface area contributed by atoms with Crippen LogP contribution in [0, 0.1) is 13.8 Å². The standard InChI is InChI=1S/C24H23N7S/c1-14-9-17-16(7-8-26-24(17)25)15(2)18(14)11-27-21-10-22(30-13-29-21)28-12-23-31-19-5-3-4-6-20(19)32-23/h3-10,13H,11-12H2,1-2H3,(H2,25,26)(H2,27,28,29,30). The van der Waals surface area contributed by atoms with Crippen molar-refractivity contribution in [3.63, 3.8) is 0 Å². The number of nitrogens with one attached hydrogen (secondary N) is 2. The SMILES string of the molecule is Cc1cc2c(N)nccc2c(C)c1CNc1cc(NCc2nc3ccccc3s2)ncn1. The number of pyridine rings is 1. The number of nitrogen functional groups attached to an aromatic ring is 1. The number of nitrogens with two attached hydrogens (primary N) is 1. The molecular formula is C24H23N7S. The van der Waals surface area contributed by atoms with E-state index in [1.807, 2.05) is 30.3 Å². The van der Waals surface area contributed by atoms with Crippen LogP contribution in [-0.2, 0) is 13.1 Å². The lowest BCUT2D eigenvalue weighted by Crippen LogP contribution is -2.07. The van der Waals surface area contributed by atoms with Gasteiger partial charge < -0.3 is 16.4 Å². The highest BCUT2D eigenvalue weighted by atomic mass is 32.1. The van der Waals surface area contributed by atoms with Crippen LogP contribution in [0.25, 0.3) is 21.0 Å². The summed E-state index contributed by atoms with van der Waals surface area (Å²) in [5.41, 5.74) is 10.7. The zero-order chi connectivity index (χ0) is 22.1. The van der Waals surface area contributed by atoms with Gasteiger partial charge in [-0.15, -0.1) is 11.3 Å².